The third-order valence-electron chi connectivity index (χ3n) is 2.04. The summed E-state index contributed by atoms with van der Waals surface area (Å²) in [6, 6.07) is 4.00. The Labute approximate surface area is 97.5 Å². The van der Waals surface area contributed by atoms with Gasteiger partial charge < -0.3 is 0 Å². The summed E-state index contributed by atoms with van der Waals surface area (Å²) in [4.78, 5) is 4.13. The van der Waals surface area contributed by atoms with Gasteiger partial charge in [-0.2, -0.15) is 0 Å². The van der Waals surface area contributed by atoms with E-state index in [-0.39, 0.29) is 0 Å². The van der Waals surface area contributed by atoms with Gasteiger partial charge in [0.15, 0.2) is 0 Å². The molecule has 0 atom stereocenters. The molecule has 0 aliphatic rings. The summed E-state index contributed by atoms with van der Waals surface area (Å²) in [5, 5.41) is 0. The lowest BCUT2D eigenvalue weighted by Crippen LogP contribution is -1.81. The fourth-order valence-corrected chi connectivity index (χ4v) is 1.25. The highest BCUT2D eigenvalue weighted by atomic mass is 14.6. The topological polar surface area (TPSA) is 12.9 Å². The summed E-state index contributed by atoms with van der Waals surface area (Å²) in [5.41, 5.74) is 2.28. The van der Waals surface area contributed by atoms with Gasteiger partial charge in [0, 0.05) is 12.4 Å². The summed E-state index contributed by atoms with van der Waals surface area (Å²) in [7, 11) is 0. The average molecular weight is 211 g/mol. The van der Waals surface area contributed by atoms with E-state index in [1.165, 1.54) is 0 Å². The van der Waals surface area contributed by atoms with Gasteiger partial charge >= 0.3 is 0 Å². The summed E-state index contributed by atoms with van der Waals surface area (Å²) < 4.78 is 0. The minimum absolute atomic E-state index is 1.13. The first kappa shape index (κ1) is 12.2. The zero-order valence-electron chi connectivity index (χ0n) is 9.80. The van der Waals surface area contributed by atoms with Crippen molar-refractivity contribution in [1.29, 1.82) is 0 Å². The van der Waals surface area contributed by atoms with E-state index >= 15 is 0 Å². The van der Waals surface area contributed by atoms with Crippen molar-refractivity contribution >= 4 is 5.57 Å². The van der Waals surface area contributed by atoms with Gasteiger partial charge in [0.05, 0.1) is 0 Å². The molecule has 0 amide bonds. The fourth-order valence-electron chi connectivity index (χ4n) is 1.25. The van der Waals surface area contributed by atoms with E-state index in [1.54, 1.807) is 6.20 Å². The predicted octanol–water partition coefficient (Wildman–Crippen LogP) is 4.17. The molecule has 0 saturated carbocycles. The van der Waals surface area contributed by atoms with Crippen LogP contribution in [0.4, 0.5) is 0 Å². The van der Waals surface area contributed by atoms with Crippen LogP contribution in [-0.2, 0) is 0 Å². The van der Waals surface area contributed by atoms with Crippen LogP contribution in [0.2, 0.25) is 0 Å². The Morgan fingerprint density at radius 3 is 2.56 bits per heavy atom. The molecule has 0 radical (unpaired) electrons. The second-order valence-corrected chi connectivity index (χ2v) is 3.27. The number of pyridine rings is 1. The van der Waals surface area contributed by atoms with Crippen molar-refractivity contribution in [2.24, 2.45) is 0 Å². The number of hydrogen-bond acceptors (Lipinski definition) is 1. The van der Waals surface area contributed by atoms with Crippen molar-refractivity contribution in [3.05, 3.63) is 72.6 Å². The molecule has 0 aliphatic heterocycles. The molecule has 0 saturated heterocycles. The molecule has 16 heavy (non-hydrogen) atoms. The molecule has 1 rings (SSSR count). The van der Waals surface area contributed by atoms with Crippen molar-refractivity contribution in [3.63, 3.8) is 0 Å². The third kappa shape index (κ3) is 4.09. The van der Waals surface area contributed by atoms with E-state index in [0.29, 0.717) is 0 Å². The summed E-state index contributed by atoms with van der Waals surface area (Å²) in [6.07, 6.45) is 17.9. The Morgan fingerprint density at radius 1 is 1.12 bits per heavy atom. The molecule has 0 bridgehead atoms. The molecule has 1 aromatic rings. The fraction of sp³-hybridized carbons (Fsp3) is 0.133. The van der Waals surface area contributed by atoms with Crippen molar-refractivity contribution in [3.8, 4) is 0 Å². The molecule has 0 aromatic carbocycles. The molecule has 1 heterocycles. The number of nitrogens with zero attached hydrogens (tertiary/aromatic N) is 1. The van der Waals surface area contributed by atoms with Crippen molar-refractivity contribution in [2.75, 3.05) is 0 Å². The van der Waals surface area contributed by atoms with Crippen LogP contribution in [0.25, 0.3) is 5.57 Å². The number of hydrogen-bond donors (Lipinski definition) is 0. The zero-order valence-corrected chi connectivity index (χ0v) is 9.80. The molecule has 0 N–H and O–H groups in total. The van der Waals surface area contributed by atoms with Gasteiger partial charge in [-0.1, -0.05) is 48.6 Å². The average Bonchev–Trinajstić information content (AvgIpc) is 2.35. The molecule has 0 aliphatic carbocycles. The summed E-state index contributed by atoms with van der Waals surface area (Å²) in [6.45, 7) is 4.01. The molecule has 1 heteroatoms. The smallest absolute Gasteiger partial charge is 0.0346 e. The van der Waals surface area contributed by atoms with E-state index in [9.17, 15) is 0 Å². The highest BCUT2D eigenvalue weighted by Gasteiger charge is 1.94. The lowest BCUT2D eigenvalue weighted by molar-refractivity contribution is 1.31. The normalized spacial score (nSPS) is 13.2. The van der Waals surface area contributed by atoms with Crippen LogP contribution < -0.4 is 0 Å². The number of aromatic nitrogens is 1. The van der Waals surface area contributed by atoms with E-state index in [1.807, 2.05) is 56.5 Å². The van der Waals surface area contributed by atoms with Gasteiger partial charge in [-0.3, -0.25) is 4.98 Å². The molecular formula is C15H17N. The van der Waals surface area contributed by atoms with Crippen molar-refractivity contribution in [1.82, 2.24) is 4.98 Å². The highest BCUT2D eigenvalue weighted by molar-refractivity contribution is 5.74. The van der Waals surface area contributed by atoms with Crippen molar-refractivity contribution in [2.45, 2.75) is 13.8 Å². The van der Waals surface area contributed by atoms with E-state index < -0.39 is 0 Å². The van der Waals surface area contributed by atoms with E-state index in [0.717, 1.165) is 11.1 Å². The molecule has 0 fully saturated rings. The standard InChI is InChI=1S/C15H17N/c1-3-5-7-10-14(9-6-4-2)15-11-8-12-16-13-15/h3-13H,1-2H3/b5-3-,6-4+,10-7-,14-9+. The van der Waals surface area contributed by atoms with Gasteiger partial charge in [0.2, 0.25) is 0 Å². The van der Waals surface area contributed by atoms with Gasteiger partial charge in [-0.15, -0.1) is 0 Å². The van der Waals surface area contributed by atoms with Crippen LogP contribution in [0, 0.1) is 0 Å². The number of rotatable bonds is 4. The second-order valence-electron chi connectivity index (χ2n) is 3.27. The van der Waals surface area contributed by atoms with Crippen LogP contribution >= 0.6 is 0 Å². The minimum Gasteiger partial charge on any atom is -0.264 e. The maximum absolute atomic E-state index is 4.13. The monoisotopic (exact) mass is 211 g/mol. The first-order chi connectivity index (χ1) is 7.88. The molecule has 82 valence electrons. The Kier molecular flexibility index (Phi) is 5.64. The maximum Gasteiger partial charge on any atom is 0.0346 e. The van der Waals surface area contributed by atoms with Crippen LogP contribution in [0.15, 0.2) is 67.1 Å². The molecular weight excluding hydrogens is 194 g/mol. The molecule has 1 aromatic heterocycles. The summed E-state index contributed by atoms with van der Waals surface area (Å²) >= 11 is 0. The van der Waals surface area contributed by atoms with Gasteiger partial charge in [-0.05, 0) is 31.1 Å². The summed E-state index contributed by atoms with van der Waals surface area (Å²) in [5.74, 6) is 0. The molecule has 1 nitrogen and oxygen atoms in total. The molecule has 0 spiro atoms. The Bertz CT molecular complexity index is 408. The largest absolute Gasteiger partial charge is 0.264 e. The lowest BCUT2D eigenvalue weighted by atomic mass is 10.1. The van der Waals surface area contributed by atoms with E-state index in [4.69, 9.17) is 0 Å². The molecule has 0 unspecified atom stereocenters. The maximum atomic E-state index is 4.13. The zero-order chi connectivity index (χ0) is 11.6. The highest BCUT2D eigenvalue weighted by Crippen LogP contribution is 2.14. The van der Waals surface area contributed by atoms with Gasteiger partial charge in [-0.25, -0.2) is 0 Å². The van der Waals surface area contributed by atoms with Gasteiger partial charge in [0.25, 0.3) is 0 Å². The third-order valence-corrected chi connectivity index (χ3v) is 2.04. The van der Waals surface area contributed by atoms with E-state index in [2.05, 4.69) is 23.2 Å². The lowest BCUT2D eigenvalue weighted by Gasteiger charge is -1.99. The van der Waals surface area contributed by atoms with Crippen LogP contribution in [0.1, 0.15) is 19.4 Å². The van der Waals surface area contributed by atoms with Crippen LogP contribution in [0.5, 0.6) is 0 Å². The van der Waals surface area contributed by atoms with Crippen molar-refractivity contribution < 1.29 is 0 Å². The first-order valence-electron chi connectivity index (χ1n) is 5.41. The Hall–Kier alpha value is -1.89. The first-order valence-corrected chi connectivity index (χ1v) is 5.41. The number of allylic oxidation sites excluding steroid dienone is 8. The predicted molar refractivity (Wildman–Crippen MR) is 71.0 cm³/mol. The SMILES string of the molecule is C\C=C/C=C\C(=C/C=C/C)c1cccnc1. The second kappa shape index (κ2) is 7.41. The Morgan fingerprint density at radius 2 is 1.94 bits per heavy atom. The van der Waals surface area contributed by atoms with Gasteiger partial charge in [0.1, 0.15) is 0 Å². The Balaban J connectivity index is 2.97. The van der Waals surface area contributed by atoms with Crippen LogP contribution in [-0.4, -0.2) is 4.98 Å². The van der Waals surface area contributed by atoms with Crippen LogP contribution in [0.3, 0.4) is 0 Å². The quantitative estimate of drug-likeness (QED) is 0.681. The minimum atomic E-state index is 1.13.